The van der Waals surface area contributed by atoms with Crippen molar-refractivity contribution in [2.24, 2.45) is 0 Å². The van der Waals surface area contributed by atoms with Gasteiger partial charge >= 0.3 is 6.09 Å². The molecule has 0 heterocycles. The zero-order valence-electron chi connectivity index (χ0n) is 13.0. The summed E-state index contributed by atoms with van der Waals surface area (Å²) in [5.74, 6) is -0.462. The van der Waals surface area contributed by atoms with Crippen LogP contribution in [0, 0.1) is 0 Å². The number of amides is 1. The molecule has 0 saturated heterocycles. The van der Waals surface area contributed by atoms with Gasteiger partial charge in [0.05, 0.1) is 11.4 Å². The van der Waals surface area contributed by atoms with Gasteiger partial charge in [0.2, 0.25) is 3.79 Å². The molecule has 1 atom stereocenters. The van der Waals surface area contributed by atoms with Crippen LogP contribution >= 0.6 is 58.0 Å². The number of carbonyl (C=O) groups excluding carboxylic acids is 2. The number of hydrogen-bond donors (Lipinski definition) is 1. The number of hydrogen-bond acceptors (Lipinski definition) is 3. The van der Waals surface area contributed by atoms with Crippen LogP contribution in [0.4, 0.5) is 10.5 Å². The topological polar surface area (TPSA) is 55.4 Å². The SMILES string of the molecule is O=C(Nc1ccccc1)O[C@@H](CC(=O)c1ccc(Cl)cc1Cl)C(Cl)(Cl)Cl. The van der Waals surface area contributed by atoms with Crippen LogP contribution < -0.4 is 5.32 Å². The van der Waals surface area contributed by atoms with Gasteiger partial charge in [0.15, 0.2) is 11.9 Å². The Bertz CT molecular complexity index is 793. The molecular weight excluding hydrogens is 443 g/mol. The van der Waals surface area contributed by atoms with Gasteiger partial charge in [-0.1, -0.05) is 76.2 Å². The van der Waals surface area contributed by atoms with Gasteiger partial charge in [0.25, 0.3) is 0 Å². The number of ether oxygens (including phenoxy) is 1. The van der Waals surface area contributed by atoms with Crippen molar-refractivity contribution in [3.05, 3.63) is 64.1 Å². The molecule has 4 nitrogen and oxygen atoms in total. The van der Waals surface area contributed by atoms with Gasteiger partial charge in [0, 0.05) is 16.3 Å². The van der Waals surface area contributed by atoms with Crippen molar-refractivity contribution in [3.8, 4) is 0 Å². The van der Waals surface area contributed by atoms with E-state index < -0.39 is 21.8 Å². The van der Waals surface area contributed by atoms with Gasteiger partial charge < -0.3 is 4.74 Å². The predicted octanol–water partition coefficient (Wildman–Crippen LogP) is 6.55. The van der Waals surface area contributed by atoms with Crippen LogP contribution in [0.5, 0.6) is 0 Å². The smallest absolute Gasteiger partial charge is 0.412 e. The molecule has 0 fully saturated rings. The summed E-state index contributed by atoms with van der Waals surface area (Å²) in [6, 6.07) is 12.9. The highest BCUT2D eigenvalue weighted by molar-refractivity contribution is 6.68. The van der Waals surface area contributed by atoms with Crippen molar-refractivity contribution < 1.29 is 14.3 Å². The highest BCUT2D eigenvalue weighted by atomic mass is 35.6. The number of ketones is 1. The maximum Gasteiger partial charge on any atom is 0.412 e. The average Bonchev–Trinajstić information content (AvgIpc) is 2.54. The lowest BCUT2D eigenvalue weighted by atomic mass is 10.1. The van der Waals surface area contributed by atoms with Crippen LogP contribution in [0.15, 0.2) is 48.5 Å². The highest BCUT2D eigenvalue weighted by Gasteiger charge is 2.38. The minimum absolute atomic E-state index is 0.152. The fraction of sp³-hybridized carbons (Fsp3) is 0.176. The monoisotopic (exact) mass is 453 g/mol. The Morgan fingerprint density at radius 1 is 1.04 bits per heavy atom. The molecule has 0 bridgehead atoms. The van der Waals surface area contributed by atoms with E-state index in [4.69, 9.17) is 62.7 Å². The summed E-state index contributed by atoms with van der Waals surface area (Å²) in [7, 11) is 0. The van der Waals surface area contributed by atoms with E-state index in [2.05, 4.69) is 5.32 Å². The number of carbonyl (C=O) groups is 2. The zero-order chi connectivity index (χ0) is 19.3. The first-order valence-corrected chi connectivity index (χ1v) is 9.13. The molecule has 2 rings (SSSR count). The number of para-hydroxylation sites is 1. The second kappa shape index (κ2) is 9.16. The fourth-order valence-electron chi connectivity index (χ4n) is 2.02. The van der Waals surface area contributed by atoms with E-state index in [0.29, 0.717) is 10.7 Å². The second-order valence-electron chi connectivity index (χ2n) is 5.18. The molecular formula is C17H12Cl5NO3. The third-order valence-electron chi connectivity index (χ3n) is 3.24. The van der Waals surface area contributed by atoms with Crippen molar-refractivity contribution in [1.82, 2.24) is 0 Å². The number of benzene rings is 2. The molecule has 0 radical (unpaired) electrons. The molecule has 0 unspecified atom stereocenters. The minimum atomic E-state index is -2.01. The Balaban J connectivity index is 2.10. The van der Waals surface area contributed by atoms with Gasteiger partial charge in [0.1, 0.15) is 0 Å². The third kappa shape index (κ3) is 6.22. The van der Waals surface area contributed by atoms with Crippen LogP contribution in [0.1, 0.15) is 16.8 Å². The van der Waals surface area contributed by atoms with Crippen molar-refractivity contribution in [2.45, 2.75) is 16.3 Å². The van der Waals surface area contributed by atoms with Crippen LogP contribution in [-0.4, -0.2) is 21.8 Å². The number of nitrogens with one attached hydrogen (secondary N) is 1. The Hall–Kier alpha value is -1.17. The first-order valence-electron chi connectivity index (χ1n) is 7.24. The maximum absolute atomic E-state index is 12.5. The van der Waals surface area contributed by atoms with Crippen LogP contribution in [0.25, 0.3) is 0 Å². The molecule has 138 valence electrons. The van der Waals surface area contributed by atoms with Crippen LogP contribution in [-0.2, 0) is 4.74 Å². The summed E-state index contributed by atoms with van der Waals surface area (Å²) in [4.78, 5) is 24.5. The fourth-order valence-corrected chi connectivity index (χ4v) is 2.90. The van der Waals surface area contributed by atoms with E-state index >= 15 is 0 Å². The molecule has 0 aliphatic carbocycles. The summed E-state index contributed by atoms with van der Waals surface area (Å²) in [5.41, 5.74) is 0.676. The lowest BCUT2D eigenvalue weighted by Crippen LogP contribution is -2.35. The molecule has 0 aromatic heterocycles. The largest absolute Gasteiger partial charge is 0.441 e. The van der Waals surface area contributed by atoms with Gasteiger partial charge in [-0.2, -0.15) is 0 Å². The van der Waals surface area contributed by atoms with Crippen molar-refractivity contribution >= 4 is 75.6 Å². The average molecular weight is 456 g/mol. The summed E-state index contributed by atoms with van der Waals surface area (Å²) >= 11 is 29.4. The Morgan fingerprint density at radius 3 is 2.27 bits per heavy atom. The second-order valence-corrected chi connectivity index (χ2v) is 8.39. The molecule has 2 aromatic rings. The molecule has 0 aliphatic rings. The number of rotatable bonds is 5. The van der Waals surface area contributed by atoms with E-state index in [-0.39, 0.29) is 17.0 Å². The lowest BCUT2D eigenvalue weighted by Gasteiger charge is -2.24. The third-order valence-corrected chi connectivity index (χ3v) is 4.51. The minimum Gasteiger partial charge on any atom is -0.441 e. The quantitative estimate of drug-likeness (QED) is 0.411. The number of Topliss-reactive ketones (excluding diaryl/α,β-unsaturated/α-hetero) is 1. The van der Waals surface area contributed by atoms with Gasteiger partial charge in [-0.3, -0.25) is 10.1 Å². The Morgan fingerprint density at radius 2 is 1.69 bits per heavy atom. The molecule has 2 aromatic carbocycles. The van der Waals surface area contributed by atoms with Crippen molar-refractivity contribution in [3.63, 3.8) is 0 Å². The summed E-state index contributed by atoms with van der Waals surface area (Å²) in [6.45, 7) is 0. The molecule has 1 amide bonds. The number of halogens is 5. The van der Waals surface area contributed by atoms with E-state index in [1.54, 1.807) is 30.3 Å². The standard InChI is InChI=1S/C17H12Cl5NO3/c18-10-6-7-12(13(19)8-10)14(24)9-15(17(20,21)22)26-16(25)23-11-4-2-1-3-5-11/h1-8,15H,9H2,(H,23,25)/t15-/m0/s1. The molecule has 9 heteroatoms. The number of alkyl halides is 3. The first kappa shape index (κ1) is 21.1. The van der Waals surface area contributed by atoms with Gasteiger partial charge in [-0.25, -0.2) is 4.79 Å². The van der Waals surface area contributed by atoms with Crippen LogP contribution in [0.3, 0.4) is 0 Å². The Labute approximate surface area is 175 Å². The van der Waals surface area contributed by atoms with E-state index in [0.717, 1.165) is 0 Å². The van der Waals surface area contributed by atoms with Crippen molar-refractivity contribution in [2.75, 3.05) is 5.32 Å². The van der Waals surface area contributed by atoms with E-state index in [9.17, 15) is 9.59 Å². The normalized spacial score (nSPS) is 12.3. The molecule has 26 heavy (non-hydrogen) atoms. The first-order chi connectivity index (χ1) is 12.2. The maximum atomic E-state index is 12.5. The zero-order valence-corrected chi connectivity index (χ0v) is 16.8. The lowest BCUT2D eigenvalue weighted by molar-refractivity contribution is 0.0812. The predicted molar refractivity (Wildman–Crippen MR) is 106 cm³/mol. The number of anilines is 1. The van der Waals surface area contributed by atoms with Crippen molar-refractivity contribution in [1.29, 1.82) is 0 Å². The summed E-state index contributed by atoms with van der Waals surface area (Å²) < 4.78 is 3.13. The molecule has 0 aliphatic heterocycles. The van der Waals surface area contributed by atoms with E-state index in [1.807, 2.05) is 0 Å². The van der Waals surface area contributed by atoms with Crippen LogP contribution in [0.2, 0.25) is 10.0 Å². The molecule has 0 saturated carbocycles. The summed E-state index contributed by atoms with van der Waals surface area (Å²) in [6.07, 6.45) is -2.56. The molecule has 1 N–H and O–H groups in total. The Kier molecular flexibility index (Phi) is 7.44. The molecule has 0 spiro atoms. The van der Waals surface area contributed by atoms with E-state index in [1.165, 1.54) is 18.2 Å². The van der Waals surface area contributed by atoms with Gasteiger partial charge in [-0.15, -0.1) is 0 Å². The highest BCUT2D eigenvalue weighted by Crippen LogP contribution is 2.35. The summed E-state index contributed by atoms with van der Waals surface area (Å²) in [5, 5.41) is 3.01. The van der Waals surface area contributed by atoms with Gasteiger partial charge in [-0.05, 0) is 30.3 Å².